The molecule has 1 atom stereocenters. The Labute approximate surface area is 230 Å². The Balaban J connectivity index is 1.56. The van der Waals surface area contributed by atoms with Crippen molar-refractivity contribution in [2.75, 3.05) is 45.0 Å². The molecule has 4 N–H and O–H groups in total. The van der Waals surface area contributed by atoms with Crippen LogP contribution in [0.2, 0.25) is 0 Å². The molecule has 0 spiro atoms. The molecule has 0 saturated carbocycles. The van der Waals surface area contributed by atoms with Crippen molar-refractivity contribution < 1.29 is 9.47 Å². The van der Waals surface area contributed by atoms with E-state index in [2.05, 4.69) is 74.6 Å². The number of ether oxygens (including phenoxy) is 2. The molecule has 2 aromatic heterocycles. The Kier molecular flexibility index (Phi) is 8.64. The molecule has 1 aliphatic rings. The van der Waals surface area contributed by atoms with Crippen LogP contribution in [-0.4, -0.2) is 54.5 Å². The van der Waals surface area contributed by atoms with Gasteiger partial charge in [0, 0.05) is 37.2 Å². The third kappa shape index (κ3) is 5.87. The zero-order chi connectivity index (χ0) is 27.2. The number of anilines is 2. The lowest BCUT2D eigenvalue weighted by atomic mass is 9.90. The molecule has 2 aromatic carbocycles. The van der Waals surface area contributed by atoms with Crippen LogP contribution in [-0.2, 0) is 11.3 Å². The van der Waals surface area contributed by atoms with Crippen LogP contribution >= 0.6 is 0 Å². The van der Waals surface area contributed by atoms with Crippen LogP contribution in [0.5, 0.6) is 5.75 Å². The number of nitrogens with zero attached hydrogens (tertiary/aromatic N) is 3. The minimum atomic E-state index is 0.280. The van der Waals surface area contributed by atoms with Gasteiger partial charge >= 0.3 is 0 Å². The summed E-state index contributed by atoms with van der Waals surface area (Å²) < 4.78 is 13.4. The van der Waals surface area contributed by atoms with Gasteiger partial charge in [-0.05, 0) is 55.0 Å². The molecule has 0 saturated heterocycles. The molecule has 39 heavy (non-hydrogen) atoms. The predicted octanol–water partition coefficient (Wildman–Crippen LogP) is 5.61. The van der Waals surface area contributed by atoms with Crippen LogP contribution in [0.3, 0.4) is 0 Å². The number of nitrogens with two attached hydrogens (primary N) is 1. The molecule has 0 radical (unpaired) electrons. The molecule has 0 bridgehead atoms. The lowest BCUT2D eigenvalue weighted by Gasteiger charge is -2.23. The molecule has 1 unspecified atom stereocenters. The second-order valence-electron chi connectivity index (χ2n) is 10.2. The Morgan fingerprint density at radius 2 is 1.97 bits per heavy atom. The highest BCUT2D eigenvalue weighted by atomic mass is 16.5. The van der Waals surface area contributed by atoms with E-state index in [1.54, 1.807) is 14.2 Å². The van der Waals surface area contributed by atoms with E-state index < -0.39 is 0 Å². The maximum atomic E-state index is 6.17. The first-order valence-electron chi connectivity index (χ1n) is 14.0. The Morgan fingerprint density at radius 3 is 2.79 bits per heavy atom. The number of nitrogen functional groups attached to an aromatic ring is 1. The number of aromatic nitrogens is 3. The summed E-state index contributed by atoms with van der Waals surface area (Å²) >= 11 is 0. The van der Waals surface area contributed by atoms with Crippen LogP contribution < -0.4 is 21.1 Å². The van der Waals surface area contributed by atoms with Gasteiger partial charge in [-0.3, -0.25) is 0 Å². The van der Waals surface area contributed by atoms with E-state index in [1.807, 2.05) is 6.07 Å². The summed E-state index contributed by atoms with van der Waals surface area (Å²) in [4.78, 5) is 9.30. The maximum absolute atomic E-state index is 6.17. The lowest BCUT2D eigenvalue weighted by molar-refractivity contribution is 0.197. The van der Waals surface area contributed by atoms with Gasteiger partial charge in [-0.15, -0.1) is 0 Å². The summed E-state index contributed by atoms with van der Waals surface area (Å²) in [7, 11) is 3.48. The predicted molar refractivity (Wildman–Crippen MR) is 160 cm³/mol. The second kappa shape index (κ2) is 12.5. The van der Waals surface area contributed by atoms with Gasteiger partial charge in [-0.2, -0.15) is 4.98 Å². The van der Waals surface area contributed by atoms with Gasteiger partial charge in [0.05, 0.1) is 25.8 Å². The quantitative estimate of drug-likeness (QED) is 0.206. The first-order chi connectivity index (χ1) is 19.1. The van der Waals surface area contributed by atoms with E-state index in [-0.39, 0.29) is 5.95 Å². The molecule has 8 nitrogen and oxygen atoms in total. The van der Waals surface area contributed by atoms with Gasteiger partial charge in [0.2, 0.25) is 5.95 Å². The number of unbranched alkanes of at least 4 members (excludes halogenated alkanes) is 1. The average Bonchev–Trinajstić information content (AvgIpc) is 3.26. The Bertz CT molecular complexity index is 1460. The molecule has 4 aromatic rings. The summed E-state index contributed by atoms with van der Waals surface area (Å²) in [6.45, 7) is 5.21. The van der Waals surface area contributed by atoms with E-state index in [4.69, 9.17) is 15.2 Å². The monoisotopic (exact) mass is 528 g/mol. The number of allylic oxidation sites excluding steroid dienone is 1. The second-order valence-corrected chi connectivity index (χ2v) is 10.2. The van der Waals surface area contributed by atoms with E-state index >= 15 is 0 Å². The Hall–Kier alpha value is -3.62. The van der Waals surface area contributed by atoms with Crippen molar-refractivity contribution in [3.8, 4) is 5.75 Å². The van der Waals surface area contributed by atoms with Crippen molar-refractivity contribution in [3.63, 3.8) is 0 Å². The molecule has 0 aliphatic heterocycles. The number of fused-ring (bicyclic) bond motifs is 3. The molecule has 0 fully saturated rings. The number of methoxy groups -OCH3 is 2. The van der Waals surface area contributed by atoms with Gasteiger partial charge < -0.3 is 30.4 Å². The SMILES string of the molecule is CCCCNc1nc(N)nc2c3ccccc3n(Cc3cc(C4=CC(NCCOC)CCC4)ccc3OC)c12. The summed E-state index contributed by atoms with van der Waals surface area (Å²) in [6, 6.07) is 15.3. The highest BCUT2D eigenvalue weighted by Gasteiger charge is 2.20. The molecule has 5 rings (SSSR count). The standard InChI is InChI=1S/C31H40N6O2/c1-4-5-15-34-30-29-28(35-31(32)36-30)25-11-6-7-12-26(25)37(29)20-23-18-22(13-14-27(23)39-3)21-9-8-10-24(19-21)33-16-17-38-2/h6-7,11-14,18-19,24,33H,4-5,8-10,15-17,20H2,1-3H3,(H3,32,34,35,36). The zero-order valence-electron chi connectivity index (χ0n) is 23.3. The first kappa shape index (κ1) is 27.0. The lowest BCUT2D eigenvalue weighted by Crippen LogP contribution is -2.31. The molecular formula is C31H40N6O2. The van der Waals surface area contributed by atoms with Crippen molar-refractivity contribution in [1.82, 2.24) is 19.9 Å². The topological polar surface area (TPSA) is 99.2 Å². The minimum absolute atomic E-state index is 0.280. The van der Waals surface area contributed by atoms with Gasteiger partial charge in [-0.1, -0.05) is 43.7 Å². The highest BCUT2D eigenvalue weighted by molar-refractivity contribution is 6.09. The number of hydrogen-bond acceptors (Lipinski definition) is 7. The molecule has 206 valence electrons. The number of hydrogen-bond donors (Lipinski definition) is 3. The molecule has 2 heterocycles. The smallest absolute Gasteiger partial charge is 0.222 e. The average molecular weight is 529 g/mol. The van der Waals surface area contributed by atoms with Crippen molar-refractivity contribution in [1.29, 1.82) is 0 Å². The van der Waals surface area contributed by atoms with Crippen LogP contribution in [0.25, 0.3) is 27.5 Å². The van der Waals surface area contributed by atoms with Crippen molar-refractivity contribution in [3.05, 3.63) is 59.7 Å². The van der Waals surface area contributed by atoms with E-state index in [0.29, 0.717) is 12.6 Å². The van der Waals surface area contributed by atoms with Gasteiger partial charge in [-0.25, -0.2) is 4.98 Å². The summed E-state index contributed by atoms with van der Waals surface area (Å²) in [5.41, 5.74) is 12.8. The number of nitrogens with one attached hydrogen (secondary N) is 2. The summed E-state index contributed by atoms with van der Waals surface area (Å²) in [5, 5.41) is 8.20. The fourth-order valence-electron chi connectivity index (χ4n) is 5.56. The molecule has 0 amide bonds. The van der Waals surface area contributed by atoms with E-state index in [9.17, 15) is 0 Å². The van der Waals surface area contributed by atoms with Gasteiger partial charge in [0.15, 0.2) is 5.82 Å². The van der Waals surface area contributed by atoms with Crippen LogP contribution in [0.4, 0.5) is 11.8 Å². The van der Waals surface area contributed by atoms with Crippen LogP contribution in [0.15, 0.2) is 48.5 Å². The number of rotatable bonds is 12. The third-order valence-electron chi connectivity index (χ3n) is 7.50. The fraction of sp³-hybridized carbons (Fsp3) is 0.419. The Morgan fingerprint density at radius 1 is 1.10 bits per heavy atom. The highest BCUT2D eigenvalue weighted by Crippen LogP contribution is 2.35. The molecule has 8 heteroatoms. The van der Waals surface area contributed by atoms with Crippen molar-refractivity contribution in [2.45, 2.75) is 51.6 Å². The fourth-order valence-corrected chi connectivity index (χ4v) is 5.56. The van der Waals surface area contributed by atoms with Crippen LogP contribution in [0.1, 0.15) is 50.2 Å². The minimum Gasteiger partial charge on any atom is -0.496 e. The molecular weight excluding hydrogens is 488 g/mol. The number of para-hydroxylation sites is 1. The van der Waals surface area contributed by atoms with E-state index in [0.717, 1.165) is 90.9 Å². The maximum Gasteiger partial charge on any atom is 0.222 e. The van der Waals surface area contributed by atoms with E-state index in [1.165, 1.54) is 11.1 Å². The summed E-state index contributed by atoms with van der Waals surface area (Å²) in [6.07, 6.45) is 7.92. The van der Waals surface area contributed by atoms with Gasteiger partial charge in [0.25, 0.3) is 0 Å². The third-order valence-corrected chi connectivity index (χ3v) is 7.50. The largest absolute Gasteiger partial charge is 0.496 e. The summed E-state index contributed by atoms with van der Waals surface area (Å²) in [5.74, 6) is 1.92. The first-order valence-corrected chi connectivity index (χ1v) is 14.0. The van der Waals surface area contributed by atoms with Crippen molar-refractivity contribution >= 4 is 39.3 Å². The van der Waals surface area contributed by atoms with Crippen molar-refractivity contribution in [2.24, 2.45) is 0 Å². The number of benzene rings is 2. The normalized spacial score (nSPS) is 15.6. The van der Waals surface area contributed by atoms with Gasteiger partial charge in [0.1, 0.15) is 16.8 Å². The molecule has 1 aliphatic carbocycles. The van der Waals surface area contributed by atoms with Crippen LogP contribution in [0, 0.1) is 0 Å². The zero-order valence-corrected chi connectivity index (χ0v) is 23.3.